The van der Waals surface area contributed by atoms with Crippen molar-refractivity contribution in [2.75, 3.05) is 19.8 Å². The maximum absolute atomic E-state index is 13.4. The van der Waals surface area contributed by atoms with E-state index in [-0.39, 0.29) is 11.7 Å². The van der Waals surface area contributed by atoms with Crippen molar-refractivity contribution in [2.45, 2.75) is 66.2 Å². The fourth-order valence-electron chi connectivity index (χ4n) is 4.29. The van der Waals surface area contributed by atoms with Gasteiger partial charge in [0.05, 0.1) is 13.0 Å². The van der Waals surface area contributed by atoms with E-state index in [9.17, 15) is 9.18 Å². The zero-order valence-corrected chi connectivity index (χ0v) is 24.0. The van der Waals surface area contributed by atoms with Gasteiger partial charge in [-0.3, -0.25) is 4.79 Å². The van der Waals surface area contributed by atoms with Crippen molar-refractivity contribution in [3.63, 3.8) is 0 Å². The van der Waals surface area contributed by atoms with Gasteiger partial charge in [-0.1, -0.05) is 52.0 Å². The van der Waals surface area contributed by atoms with Crippen LogP contribution < -0.4 is 10.1 Å². The predicted octanol–water partition coefficient (Wildman–Crippen LogP) is 6.64. The lowest BCUT2D eigenvalue weighted by atomic mass is 10.0. The molecule has 1 aromatic heterocycles. The van der Waals surface area contributed by atoms with E-state index in [0.29, 0.717) is 50.1 Å². The number of aliphatic hydroxyl groups is 1. The van der Waals surface area contributed by atoms with Crippen LogP contribution in [0.3, 0.4) is 0 Å². The minimum atomic E-state index is -0.285. The number of aryl methyl sites for hydroxylation is 1. The number of pyridine rings is 1. The highest BCUT2D eigenvalue weighted by Crippen LogP contribution is 2.46. The highest BCUT2D eigenvalue weighted by atomic mass is 19.1. The lowest BCUT2D eigenvalue weighted by Gasteiger charge is -2.15. The number of ether oxygens (including phenoxy) is 1. The van der Waals surface area contributed by atoms with Gasteiger partial charge in [0.1, 0.15) is 17.3 Å². The lowest BCUT2D eigenvalue weighted by Crippen LogP contribution is -2.27. The molecule has 210 valence electrons. The maximum Gasteiger partial charge on any atom is 0.224 e. The molecule has 1 heterocycles. The largest absolute Gasteiger partial charge is 0.491 e. The Bertz CT molecular complexity index is 1190. The van der Waals surface area contributed by atoms with Gasteiger partial charge in [0.25, 0.3) is 0 Å². The molecule has 4 rings (SSSR count). The number of rotatable bonds is 11. The van der Waals surface area contributed by atoms with Gasteiger partial charge in [-0.05, 0) is 84.5 Å². The molecule has 3 aromatic rings. The molecule has 1 fully saturated rings. The highest BCUT2D eigenvalue weighted by molar-refractivity contribution is 5.78. The number of benzene rings is 2. The van der Waals surface area contributed by atoms with Crippen molar-refractivity contribution in [1.82, 2.24) is 10.3 Å². The third kappa shape index (κ3) is 9.47. The SMILES string of the molecule is CC(C)CO.CCCOc1c(C)cc(CCNC(=O)Cc2ccc(C3CC3C)cc2)nc1-c1ccc(F)cc1. The molecule has 2 aromatic carbocycles. The number of hydrogen-bond donors (Lipinski definition) is 2. The lowest BCUT2D eigenvalue weighted by molar-refractivity contribution is -0.120. The molecular weight excluding hydrogens is 491 g/mol. The predicted molar refractivity (Wildman–Crippen MR) is 155 cm³/mol. The second-order valence-electron chi connectivity index (χ2n) is 10.9. The molecule has 1 saturated carbocycles. The molecule has 2 unspecified atom stereocenters. The molecular formula is C33H43FN2O3. The summed E-state index contributed by atoms with van der Waals surface area (Å²) in [7, 11) is 0. The molecule has 1 aliphatic carbocycles. The van der Waals surface area contributed by atoms with Gasteiger partial charge in [-0.15, -0.1) is 0 Å². The van der Waals surface area contributed by atoms with E-state index < -0.39 is 0 Å². The Morgan fingerprint density at radius 1 is 1.15 bits per heavy atom. The molecule has 6 heteroatoms. The van der Waals surface area contributed by atoms with Crippen molar-refractivity contribution in [3.05, 3.63) is 82.8 Å². The number of amides is 1. The van der Waals surface area contributed by atoms with Gasteiger partial charge in [-0.2, -0.15) is 0 Å². The third-order valence-electron chi connectivity index (χ3n) is 6.73. The molecule has 5 nitrogen and oxygen atoms in total. The van der Waals surface area contributed by atoms with Crippen LogP contribution in [-0.4, -0.2) is 35.8 Å². The Kier molecular flexibility index (Phi) is 11.5. The summed E-state index contributed by atoms with van der Waals surface area (Å²) in [6.45, 7) is 11.7. The first-order chi connectivity index (χ1) is 18.7. The van der Waals surface area contributed by atoms with E-state index >= 15 is 0 Å². The smallest absolute Gasteiger partial charge is 0.224 e. The zero-order chi connectivity index (χ0) is 28.4. The normalized spacial score (nSPS) is 15.9. The summed E-state index contributed by atoms with van der Waals surface area (Å²) in [6, 6.07) is 16.7. The molecule has 0 bridgehead atoms. The molecule has 0 spiro atoms. The molecule has 39 heavy (non-hydrogen) atoms. The van der Waals surface area contributed by atoms with E-state index in [1.807, 2.05) is 26.8 Å². The highest BCUT2D eigenvalue weighted by Gasteiger charge is 2.33. The van der Waals surface area contributed by atoms with Crippen LogP contribution in [0.1, 0.15) is 68.8 Å². The molecule has 0 aliphatic heterocycles. The average molecular weight is 535 g/mol. The fraction of sp³-hybridized carbons (Fsp3) is 0.455. The Morgan fingerprint density at radius 3 is 2.36 bits per heavy atom. The molecule has 1 aliphatic rings. The maximum atomic E-state index is 13.4. The first-order valence-corrected chi connectivity index (χ1v) is 14.1. The summed E-state index contributed by atoms with van der Waals surface area (Å²) in [5.41, 5.74) is 5.77. The van der Waals surface area contributed by atoms with Crippen LogP contribution >= 0.6 is 0 Å². The van der Waals surface area contributed by atoms with Crippen LogP contribution in [0.2, 0.25) is 0 Å². The third-order valence-corrected chi connectivity index (χ3v) is 6.73. The molecule has 1 amide bonds. The van der Waals surface area contributed by atoms with Gasteiger partial charge < -0.3 is 15.2 Å². The topological polar surface area (TPSA) is 71.5 Å². The summed E-state index contributed by atoms with van der Waals surface area (Å²) in [5.74, 6) is 2.36. The Hall–Kier alpha value is -3.25. The first kappa shape index (κ1) is 30.3. The van der Waals surface area contributed by atoms with E-state index in [4.69, 9.17) is 14.8 Å². The Balaban J connectivity index is 0.000000771. The summed E-state index contributed by atoms with van der Waals surface area (Å²) in [4.78, 5) is 17.3. The monoisotopic (exact) mass is 534 g/mol. The van der Waals surface area contributed by atoms with Crippen molar-refractivity contribution in [1.29, 1.82) is 0 Å². The Labute approximate surface area is 232 Å². The van der Waals surface area contributed by atoms with Gasteiger partial charge in [0.15, 0.2) is 0 Å². The van der Waals surface area contributed by atoms with Crippen molar-refractivity contribution >= 4 is 5.91 Å². The minimum Gasteiger partial charge on any atom is -0.491 e. The number of carbonyl (C=O) groups is 1. The molecule has 0 radical (unpaired) electrons. The summed E-state index contributed by atoms with van der Waals surface area (Å²) >= 11 is 0. The second-order valence-corrected chi connectivity index (χ2v) is 10.9. The van der Waals surface area contributed by atoms with Crippen LogP contribution in [0, 0.1) is 24.6 Å². The zero-order valence-electron chi connectivity index (χ0n) is 24.0. The molecule has 2 N–H and O–H groups in total. The summed E-state index contributed by atoms with van der Waals surface area (Å²) in [6.07, 6.45) is 3.13. The standard InChI is InChI=1S/C29H33FN2O2.C4H10O/c1-4-15-34-29-20(3)16-25(32-28(29)23-9-11-24(30)12-10-23)13-14-31-27(33)18-21-5-7-22(8-6-21)26-17-19(26)2;1-4(2)3-5/h5-12,16,19,26H,4,13-15,17-18H2,1-3H3,(H,31,33);4-5H,3H2,1-2H3. The van der Waals surface area contributed by atoms with Crippen LogP contribution in [0.15, 0.2) is 54.6 Å². The van der Waals surface area contributed by atoms with E-state index in [1.165, 1.54) is 24.1 Å². The Morgan fingerprint density at radius 2 is 1.79 bits per heavy atom. The number of aliphatic hydroxyl groups excluding tert-OH is 1. The van der Waals surface area contributed by atoms with Crippen LogP contribution in [0.4, 0.5) is 4.39 Å². The van der Waals surface area contributed by atoms with Crippen LogP contribution in [0.5, 0.6) is 5.75 Å². The van der Waals surface area contributed by atoms with Gasteiger partial charge >= 0.3 is 0 Å². The average Bonchev–Trinajstić information content (AvgIpc) is 3.65. The van der Waals surface area contributed by atoms with Gasteiger partial charge in [0, 0.05) is 30.8 Å². The van der Waals surface area contributed by atoms with Crippen molar-refractivity contribution in [2.24, 2.45) is 11.8 Å². The van der Waals surface area contributed by atoms with Gasteiger partial charge in [0.2, 0.25) is 5.91 Å². The number of halogens is 1. The second kappa shape index (κ2) is 14.8. The molecule has 0 saturated heterocycles. The van der Waals surface area contributed by atoms with Crippen LogP contribution in [0.25, 0.3) is 11.3 Å². The number of nitrogens with one attached hydrogen (secondary N) is 1. The molecule has 2 atom stereocenters. The first-order valence-electron chi connectivity index (χ1n) is 14.1. The quantitative estimate of drug-likeness (QED) is 0.289. The fourth-order valence-corrected chi connectivity index (χ4v) is 4.29. The van der Waals surface area contributed by atoms with E-state index in [0.717, 1.165) is 40.5 Å². The van der Waals surface area contributed by atoms with E-state index in [1.54, 1.807) is 12.1 Å². The van der Waals surface area contributed by atoms with Crippen molar-refractivity contribution in [3.8, 4) is 17.0 Å². The summed E-state index contributed by atoms with van der Waals surface area (Å²) in [5, 5.41) is 11.2. The number of nitrogens with zero attached hydrogens (tertiary/aromatic N) is 1. The minimum absolute atomic E-state index is 0.00548. The van der Waals surface area contributed by atoms with Crippen molar-refractivity contribution < 1.29 is 19.0 Å². The van der Waals surface area contributed by atoms with Crippen LogP contribution in [-0.2, 0) is 17.6 Å². The number of carbonyl (C=O) groups excluding carboxylic acids is 1. The number of aromatic nitrogens is 1. The number of hydrogen-bond acceptors (Lipinski definition) is 4. The van der Waals surface area contributed by atoms with E-state index in [2.05, 4.69) is 43.4 Å². The summed E-state index contributed by atoms with van der Waals surface area (Å²) < 4.78 is 19.4. The van der Waals surface area contributed by atoms with Gasteiger partial charge in [-0.25, -0.2) is 9.37 Å².